The fraction of sp³-hybridized carbons (Fsp3) is 0.235. The molecule has 0 saturated heterocycles. The lowest BCUT2D eigenvalue weighted by Crippen LogP contribution is -2.45. The average Bonchev–Trinajstić information content (AvgIpc) is 2.42. The largest absolute Gasteiger partial charge is 0.325 e. The van der Waals surface area contributed by atoms with Crippen LogP contribution in [0.4, 0.5) is 10.1 Å². The molecule has 0 atom stereocenters. The highest BCUT2D eigenvalue weighted by Crippen LogP contribution is 2.44. The maximum absolute atomic E-state index is 12.9. The highest BCUT2D eigenvalue weighted by molar-refractivity contribution is 9.10. The fourth-order valence-electron chi connectivity index (χ4n) is 2.73. The molecule has 3 rings (SSSR count). The smallest absolute Gasteiger partial charge is 0.235 e. The maximum atomic E-state index is 12.9. The number of anilines is 1. The lowest BCUT2D eigenvalue weighted by atomic mass is 9.64. The molecule has 108 valence electrons. The Morgan fingerprint density at radius 3 is 2.19 bits per heavy atom. The second-order valence-electron chi connectivity index (χ2n) is 5.40. The van der Waals surface area contributed by atoms with Gasteiger partial charge in [-0.1, -0.05) is 34.5 Å². The Morgan fingerprint density at radius 2 is 1.67 bits per heavy atom. The first-order chi connectivity index (χ1) is 10.1. The molecular formula is C17H15BrFNO. The SMILES string of the molecule is O=C(Nc1ccc(F)cc1)C1(c2ccc(Br)cc2)CCC1. The Bertz CT molecular complexity index is 647. The molecule has 0 heterocycles. The number of carbonyl (C=O) groups is 1. The molecule has 0 radical (unpaired) electrons. The number of nitrogens with one attached hydrogen (secondary N) is 1. The Morgan fingerprint density at radius 1 is 1.05 bits per heavy atom. The summed E-state index contributed by atoms with van der Waals surface area (Å²) in [7, 11) is 0. The minimum absolute atomic E-state index is 0.0114. The molecule has 0 aromatic heterocycles. The van der Waals surface area contributed by atoms with Crippen LogP contribution in [0.15, 0.2) is 53.0 Å². The number of rotatable bonds is 3. The van der Waals surface area contributed by atoms with Gasteiger partial charge in [0.15, 0.2) is 0 Å². The lowest BCUT2D eigenvalue weighted by molar-refractivity contribution is -0.124. The summed E-state index contributed by atoms with van der Waals surface area (Å²) in [6.45, 7) is 0. The van der Waals surface area contributed by atoms with Gasteiger partial charge in [-0.25, -0.2) is 4.39 Å². The molecule has 0 aliphatic heterocycles. The summed E-state index contributed by atoms with van der Waals surface area (Å²) in [6, 6.07) is 13.8. The molecule has 1 fully saturated rings. The second-order valence-corrected chi connectivity index (χ2v) is 6.32. The Hall–Kier alpha value is -1.68. The molecule has 2 aromatic rings. The van der Waals surface area contributed by atoms with Crippen LogP contribution in [0.5, 0.6) is 0 Å². The quantitative estimate of drug-likeness (QED) is 0.860. The zero-order chi connectivity index (χ0) is 14.9. The van der Waals surface area contributed by atoms with Crippen molar-refractivity contribution in [2.45, 2.75) is 24.7 Å². The number of hydrogen-bond acceptors (Lipinski definition) is 1. The van der Waals surface area contributed by atoms with Crippen molar-refractivity contribution in [2.24, 2.45) is 0 Å². The molecule has 2 nitrogen and oxygen atoms in total. The van der Waals surface area contributed by atoms with Gasteiger partial charge in [0.2, 0.25) is 5.91 Å². The molecule has 4 heteroatoms. The summed E-state index contributed by atoms with van der Waals surface area (Å²) in [4.78, 5) is 12.7. The Labute approximate surface area is 131 Å². The average molecular weight is 348 g/mol. The van der Waals surface area contributed by atoms with E-state index in [0.717, 1.165) is 29.3 Å². The summed E-state index contributed by atoms with van der Waals surface area (Å²) in [5.41, 5.74) is 1.22. The van der Waals surface area contributed by atoms with Gasteiger partial charge >= 0.3 is 0 Å². The fourth-order valence-corrected chi connectivity index (χ4v) is 2.99. The van der Waals surface area contributed by atoms with E-state index in [4.69, 9.17) is 0 Å². The molecule has 1 saturated carbocycles. The summed E-state index contributed by atoms with van der Waals surface area (Å²) in [5.74, 6) is -0.318. The van der Waals surface area contributed by atoms with Crippen LogP contribution in [0, 0.1) is 5.82 Å². The van der Waals surface area contributed by atoms with Crippen molar-refractivity contribution in [1.29, 1.82) is 0 Å². The van der Waals surface area contributed by atoms with Crippen LogP contribution in [0.1, 0.15) is 24.8 Å². The molecule has 1 N–H and O–H groups in total. The molecule has 1 aliphatic rings. The Kier molecular flexibility index (Phi) is 3.81. The van der Waals surface area contributed by atoms with Gasteiger partial charge in [-0.05, 0) is 54.8 Å². The van der Waals surface area contributed by atoms with Crippen molar-refractivity contribution in [3.63, 3.8) is 0 Å². The summed E-state index contributed by atoms with van der Waals surface area (Å²) >= 11 is 3.41. The van der Waals surface area contributed by atoms with Gasteiger partial charge in [0.05, 0.1) is 5.41 Å². The lowest BCUT2D eigenvalue weighted by Gasteiger charge is -2.40. The van der Waals surface area contributed by atoms with Gasteiger partial charge < -0.3 is 5.32 Å². The maximum Gasteiger partial charge on any atom is 0.235 e. The summed E-state index contributed by atoms with van der Waals surface area (Å²) in [6.07, 6.45) is 2.75. The van der Waals surface area contributed by atoms with Crippen LogP contribution >= 0.6 is 15.9 Å². The monoisotopic (exact) mass is 347 g/mol. The third-order valence-electron chi connectivity index (χ3n) is 4.14. The summed E-state index contributed by atoms with van der Waals surface area (Å²) in [5, 5.41) is 2.91. The number of amides is 1. The van der Waals surface area contributed by atoms with Crippen LogP contribution in [-0.2, 0) is 10.2 Å². The summed E-state index contributed by atoms with van der Waals surface area (Å²) < 4.78 is 13.9. The van der Waals surface area contributed by atoms with Crippen LogP contribution in [0.2, 0.25) is 0 Å². The van der Waals surface area contributed by atoms with Crippen LogP contribution < -0.4 is 5.32 Å². The van der Waals surface area contributed by atoms with E-state index in [2.05, 4.69) is 21.2 Å². The number of benzene rings is 2. The van der Waals surface area contributed by atoms with E-state index in [1.165, 1.54) is 12.1 Å². The van der Waals surface area contributed by atoms with E-state index in [0.29, 0.717) is 5.69 Å². The van der Waals surface area contributed by atoms with E-state index >= 15 is 0 Å². The topological polar surface area (TPSA) is 29.1 Å². The van der Waals surface area contributed by atoms with Crippen LogP contribution in [-0.4, -0.2) is 5.91 Å². The molecule has 21 heavy (non-hydrogen) atoms. The van der Waals surface area contributed by atoms with Crippen molar-refractivity contribution < 1.29 is 9.18 Å². The standard InChI is InChI=1S/C17H15BrFNO/c18-13-4-2-12(3-5-13)17(10-1-11-17)16(21)20-15-8-6-14(19)7-9-15/h2-9H,1,10-11H2,(H,20,21). The van der Waals surface area contributed by atoms with Crippen molar-refractivity contribution in [3.8, 4) is 0 Å². The van der Waals surface area contributed by atoms with E-state index in [9.17, 15) is 9.18 Å². The first kappa shape index (κ1) is 14.3. The molecule has 0 spiro atoms. The minimum atomic E-state index is -0.449. The van der Waals surface area contributed by atoms with Gasteiger partial charge in [-0.15, -0.1) is 0 Å². The van der Waals surface area contributed by atoms with Gasteiger partial charge in [0, 0.05) is 10.2 Å². The minimum Gasteiger partial charge on any atom is -0.325 e. The highest BCUT2D eigenvalue weighted by Gasteiger charge is 2.45. The van der Waals surface area contributed by atoms with Gasteiger partial charge in [0.25, 0.3) is 0 Å². The van der Waals surface area contributed by atoms with Crippen molar-refractivity contribution in [1.82, 2.24) is 0 Å². The Balaban J connectivity index is 1.83. The highest BCUT2D eigenvalue weighted by atomic mass is 79.9. The van der Waals surface area contributed by atoms with E-state index in [-0.39, 0.29) is 11.7 Å². The second kappa shape index (κ2) is 5.60. The van der Waals surface area contributed by atoms with E-state index in [1.54, 1.807) is 12.1 Å². The number of carbonyl (C=O) groups excluding carboxylic acids is 1. The first-order valence-electron chi connectivity index (χ1n) is 6.93. The normalized spacial score (nSPS) is 16.1. The molecular weight excluding hydrogens is 333 g/mol. The van der Waals surface area contributed by atoms with Crippen molar-refractivity contribution in [3.05, 3.63) is 64.4 Å². The van der Waals surface area contributed by atoms with Crippen LogP contribution in [0.25, 0.3) is 0 Å². The zero-order valence-corrected chi connectivity index (χ0v) is 13.0. The zero-order valence-electron chi connectivity index (χ0n) is 11.4. The van der Waals surface area contributed by atoms with Crippen molar-refractivity contribution in [2.75, 3.05) is 5.32 Å². The molecule has 0 unspecified atom stereocenters. The molecule has 1 amide bonds. The number of hydrogen-bond donors (Lipinski definition) is 1. The predicted octanol–water partition coefficient (Wildman–Crippen LogP) is 4.65. The van der Waals surface area contributed by atoms with Crippen LogP contribution in [0.3, 0.4) is 0 Å². The van der Waals surface area contributed by atoms with Gasteiger partial charge in [0.1, 0.15) is 5.82 Å². The van der Waals surface area contributed by atoms with E-state index in [1.807, 2.05) is 24.3 Å². The third kappa shape index (κ3) is 2.72. The molecule has 1 aliphatic carbocycles. The third-order valence-corrected chi connectivity index (χ3v) is 4.67. The van der Waals surface area contributed by atoms with Gasteiger partial charge in [-0.3, -0.25) is 4.79 Å². The van der Waals surface area contributed by atoms with E-state index < -0.39 is 5.41 Å². The molecule has 2 aromatic carbocycles. The molecule has 0 bridgehead atoms. The van der Waals surface area contributed by atoms with Gasteiger partial charge in [-0.2, -0.15) is 0 Å². The predicted molar refractivity (Wildman–Crippen MR) is 84.7 cm³/mol. The number of halogens is 2. The first-order valence-corrected chi connectivity index (χ1v) is 7.72. The van der Waals surface area contributed by atoms with Crippen molar-refractivity contribution >= 4 is 27.5 Å².